The van der Waals surface area contributed by atoms with Gasteiger partial charge in [-0.05, 0) is 49.7 Å². The Labute approximate surface area is 190 Å². The number of nitrogens with zero attached hydrogens (tertiary/aromatic N) is 5. The normalized spacial score (nSPS) is 10.9. The first-order valence-electron chi connectivity index (χ1n) is 9.34. The minimum atomic E-state index is -0.279. The van der Waals surface area contributed by atoms with Crippen molar-refractivity contribution in [2.45, 2.75) is 25.3 Å². The number of carbonyl (C=O) groups excluding carboxylic acids is 1. The van der Waals surface area contributed by atoms with Gasteiger partial charge in [0, 0.05) is 5.56 Å². The van der Waals surface area contributed by atoms with Crippen molar-refractivity contribution in [2.24, 2.45) is 0 Å². The molecule has 0 aliphatic rings. The van der Waals surface area contributed by atoms with Gasteiger partial charge in [0.15, 0.2) is 0 Å². The van der Waals surface area contributed by atoms with Gasteiger partial charge in [-0.1, -0.05) is 30.0 Å². The van der Waals surface area contributed by atoms with E-state index in [0.717, 1.165) is 32.6 Å². The summed E-state index contributed by atoms with van der Waals surface area (Å²) in [5.74, 6) is -0.251. The van der Waals surface area contributed by atoms with Gasteiger partial charge >= 0.3 is 0 Å². The molecular weight excluding hydrogens is 455 g/mol. The molecule has 0 atom stereocenters. The van der Waals surface area contributed by atoms with E-state index in [-0.39, 0.29) is 17.5 Å². The minimum absolute atomic E-state index is 0.170. The second-order valence-electron chi connectivity index (χ2n) is 6.39. The molecule has 0 fully saturated rings. The Kier molecular flexibility index (Phi) is 6.64. The third-order valence-corrected chi connectivity index (χ3v) is 7.26. The summed E-state index contributed by atoms with van der Waals surface area (Å²) in [5.41, 5.74) is 2.40. The quantitative estimate of drug-likeness (QED) is 0.384. The second kappa shape index (κ2) is 9.58. The number of halogens is 1. The first-order chi connectivity index (χ1) is 15.0. The highest BCUT2D eigenvalue weighted by Crippen LogP contribution is 2.34. The van der Waals surface area contributed by atoms with Gasteiger partial charge in [-0.15, -0.1) is 31.7 Å². The van der Waals surface area contributed by atoms with Gasteiger partial charge in [0.1, 0.15) is 26.6 Å². The molecule has 0 saturated carbocycles. The number of amides is 1. The topological polar surface area (TPSA) is 93.6 Å². The molecule has 1 amide bonds. The van der Waals surface area contributed by atoms with E-state index in [1.807, 2.05) is 26.0 Å². The van der Waals surface area contributed by atoms with Crippen LogP contribution in [0.1, 0.15) is 17.6 Å². The Hall–Kier alpha value is -2.76. The fourth-order valence-electron chi connectivity index (χ4n) is 2.61. The summed E-state index contributed by atoms with van der Waals surface area (Å²) < 4.78 is 13.2. The van der Waals surface area contributed by atoms with Crippen molar-refractivity contribution in [3.63, 3.8) is 0 Å². The maximum Gasteiger partial charge on any atom is 0.236 e. The number of carbonyl (C=O) groups is 1. The summed E-state index contributed by atoms with van der Waals surface area (Å²) in [6.45, 7) is 3.90. The third kappa shape index (κ3) is 5.30. The minimum Gasteiger partial charge on any atom is -0.300 e. The average Bonchev–Trinajstić information content (AvgIpc) is 3.39. The van der Waals surface area contributed by atoms with Crippen LogP contribution in [-0.4, -0.2) is 37.0 Å². The van der Waals surface area contributed by atoms with Crippen molar-refractivity contribution >= 4 is 45.5 Å². The van der Waals surface area contributed by atoms with Crippen LogP contribution in [0.15, 0.2) is 41.4 Å². The van der Waals surface area contributed by atoms with Gasteiger partial charge in [0.05, 0.1) is 16.3 Å². The van der Waals surface area contributed by atoms with Crippen molar-refractivity contribution in [1.29, 1.82) is 0 Å². The van der Waals surface area contributed by atoms with Crippen molar-refractivity contribution < 1.29 is 9.18 Å². The SMILES string of the molecule is CCc1nnc(NC(=O)CSc2ccc(-c3sc(-c4ccc(F)cc4)nc3C)nn2)s1. The van der Waals surface area contributed by atoms with Gasteiger partial charge in [-0.25, -0.2) is 9.37 Å². The molecule has 4 aromatic rings. The number of hydrogen-bond donors (Lipinski definition) is 1. The van der Waals surface area contributed by atoms with E-state index in [9.17, 15) is 9.18 Å². The number of aromatic nitrogens is 5. The van der Waals surface area contributed by atoms with Crippen LogP contribution in [0.3, 0.4) is 0 Å². The van der Waals surface area contributed by atoms with Crippen molar-refractivity contribution in [1.82, 2.24) is 25.4 Å². The molecule has 7 nitrogen and oxygen atoms in total. The third-order valence-electron chi connectivity index (χ3n) is 4.13. The molecule has 4 rings (SSSR count). The predicted molar refractivity (Wildman–Crippen MR) is 122 cm³/mol. The number of thioether (sulfide) groups is 1. The molecular formula is C20H17FN6OS3. The van der Waals surface area contributed by atoms with E-state index >= 15 is 0 Å². The van der Waals surface area contributed by atoms with Crippen LogP contribution in [0, 0.1) is 12.7 Å². The van der Waals surface area contributed by atoms with Gasteiger partial charge in [0.25, 0.3) is 0 Å². The number of anilines is 1. The van der Waals surface area contributed by atoms with Gasteiger partial charge < -0.3 is 0 Å². The molecule has 11 heteroatoms. The van der Waals surface area contributed by atoms with E-state index < -0.39 is 0 Å². The number of aryl methyl sites for hydroxylation is 2. The lowest BCUT2D eigenvalue weighted by Crippen LogP contribution is -2.14. The van der Waals surface area contributed by atoms with Crippen LogP contribution in [-0.2, 0) is 11.2 Å². The van der Waals surface area contributed by atoms with E-state index in [1.165, 1.54) is 46.6 Å². The predicted octanol–water partition coefficient (Wildman–Crippen LogP) is 4.86. The largest absolute Gasteiger partial charge is 0.300 e. The highest BCUT2D eigenvalue weighted by atomic mass is 32.2. The first kappa shape index (κ1) is 21.5. The van der Waals surface area contributed by atoms with Crippen LogP contribution in [0.4, 0.5) is 9.52 Å². The summed E-state index contributed by atoms with van der Waals surface area (Å²) >= 11 is 4.15. The van der Waals surface area contributed by atoms with Crippen LogP contribution in [0.2, 0.25) is 0 Å². The van der Waals surface area contributed by atoms with Crippen molar-refractivity contribution in [3.8, 4) is 21.1 Å². The fourth-order valence-corrected chi connectivity index (χ4v) is 4.96. The molecule has 0 aliphatic heterocycles. The van der Waals surface area contributed by atoms with E-state index in [1.54, 1.807) is 12.1 Å². The van der Waals surface area contributed by atoms with Crippen LogP contribution >= 0.6 is 34.4 Å². The summed E-state index contributed by atoms with van der Waals surface area (Å²) in [6, 6.07) is 9.94. The number of hydrogen-bond acceptors (Lipinski definition) is 9. The second-order valence-corrected chi connectivity index (χ2v) is 9.45. The lowest BCUT2D eigenvalue weighted by atomic mass is 10.2. The molecule has 0 aliphatic carbocycles. The average molecular weight is 473 g/mol. The van der Waals surface area contributed by atoms with Crippen molar-refractivity contribution in [2.75, 3.05) is 11.1 Å². The van der Waals surface area contributed by atoms with Gasteiger partial charge in [0.2, 0.25) is 11.0 Å². The molecule has 158 valence electrons. The molecule has 3 heterocycles. The summed E-state index contributed by atoms with van der Waals surface area (Å²) in [5, 5.41) is 22.0. The molecule has 3 aromatic heterocycles. The number of thiazole rings is 1. The molecule has 1 aromatic carbocycles. The van der Waals surface area contributed by atoms with E-state index in [0.29, 0.717) is 15.9 Å². The lowest BCUT2D eigenvalue weighted by molar-refractivity contribution is -0.113. The molecule has 0 spiro atoms. The molecule has 0 bridgehead atoms. The monoisotopic (exact) mass is 472 g/mol. The Morgan fingerprint density at radius 2 is 1.87 bits per heavy atom. The van der Waals surface area contributed by atoms with Crippen LogP contribution in [0.25, 0.3) is 21.1 Å². The Bertz CT molecular complexity index is 1190. The zero-order chi connectivity index (χ0) is 21.8. The highest BCUT2D eigenvalue weighted by Gasteiger charge is 2.14. The number of benzene rings is 1. The van der Waals surface area contributed by atoms with Crippen molar-refractivity contribution in [3.05, 3.63) is 52.9 Å². The fraction of sp³-hybridized carbons (Fsp3) is 0.200. The van der Waals surface area contributed by atoms with E-state index in [4.69, 9.17) is 0 Å². The zero-order valence-corrected chi connectivity index (χ0v) is 19.1. The smallest absolute Gasteiger partial charge is 0.236 e. The summed E-state index contributed by atoms with van der Waals surface area (Å²) in [4.78, 5) is 17.6. The van der Waals surface area contributed by atoms with Crippen LogP contribution in [0.5, 0.6) is 0 Å². The van der Waals surface area contributed by atoms with E-state index in [2.05, 4.69) is 30.7 Å². The molecule has 31 heavy (non-hydrogen) atoms. The molecule has 0 radical (unpaired) electrons. The maximum absolute atomic E-state index is 13.2. The number of rotatable bonds is 7. The Balaban J connectivity index is 1.39. The Morgan fingerprint density at radius 1 is 1.06 bits per heavy atom. The van der Waals surface area contributed by atoms with Crippen LogP contribution < -0.4 is 5.32 Å². The standard InChI is InChI=1S/C20H17FN6OS3/c1-3-16-25-27-20(30-16)23-15(28)10-29-17-9-8-14(24-26-17)18-11(2)22-19(31-18)12-4-6-13(21)7-5-12/h4-9H,3,10H2,1-2H3,(H,23,27,28). The first-order valence-corrected chi connectivity index (χ1v) is 12.0. The summed E-state index contributed by atoms with van der Waals surface area (Å²) in [7, 11) is 0. The lowest BCUT2D eigenvalue weighted by Gasteiger charge is -2.02. The zero-order valence-electron chi connectivity index (χ0n) is 16.6. The summed E-state index contributed by atoms with van der Waals surface area (Å²) in [6.07, 6.45) is 0.787. The molecule has 0 unspecified atom stereocenters. The maximum atomic E-state index is 13.2. The molecule has 1 N–H and O–H groups in total. The Morgan fingerprint density at radius 3 is 2.55 bits per heavy atom. The molecule has 0 saturated heterocycles. The number of nitrogens with one attached hydrogen (secondary N) is 1. The highest BCUT2D eigenvalue weighted by molar-refractivity contribution is 7.99. The van der Waals surface area contributed by atoms with Gasteiger partial charge in [-0.2, -0.15) is 0 Å². The van der Waals surface area contributed by atoms with Gasteiger partial charge in [-0.3, -0.25) is 10.1 Å².